The minimum atomic E-state index is -0.630. The third-order valence-electron chi connectivity index (χ3n) is 2.94. The van der Waals surface area contributed by atoms with Crippen molar-refractivity contribution < 1.29 is 9.90 Å². The summed E-state index contributed by atoms with van der Waals surface area (Å²) in [5.74, 6) is -0.0489. The maximum Gasteiger partial charge on any atom is 0.238 e. The Labute approximate surface area is 115 Å². The smallest absolute Gasteiger partial charge is 0.238 e. The molecule has 1 aromatic rings. The van der Waals surface area contributed by atoms with Crippen molar-refractivity contribution in [1.82, 2.24) is 4.90 Å². The first kappa shape index (κ1) is 13.5. The van der Waals surface area contributed by atoms with E-state index in [1.54, 1.807) is 6.92 Å². The van der Waals surface area contributed by atoms with Crippen molar-refractivity contribution in [2.24, 2.45) is 0 Å². The van der Waals surface area contributed by atoms with Crippen LogP contribution in [0.25, 0.3) is 0 Å². The van der Waals surface area contributed by atoms with Gasteiger partial charge in [-0.2, -0.15) is 0 Å². The predicted octanol–water partition coefficient (Wildman–Crippen LogP) is 1.76. The van der Waals surface area contributed by atoms with Gasteiger partial charge in [-0.15, -0.1) is 0 Å². The van der Waals surface area contributed by atoms with Gasteiger partial charge in [-0.3, -0.25) is 9.69 Å². The summed E-state index contributed by atoms with van der Waals surface area (Å²) in [6, 6.07) is 5.70. The molecule has 1 fully saturated rings. The van der Waals surface area contributed by atoms with Crippen molar-refractivity contribution in [1.29, 1.82) is 0 Å². The van der Waals surface area contributed by atoms with Gasteiger partial charge in [0.05, 0.1) is 12.1 Å². The topological polar surface area (TPSA) is 52.6 Å². The fourth-order valence-corrected chi connectivity index (χ4v) is 2.40. The molecule has 18 heavy (non-hydrogen) atoms. The van der Waals surface area contributed by atoms with E-state index in [1.165, 1.54) is 0 Å². The van der Waals surface area contributed by atoms with Crippen LogP contribution in [-0.2, 0) is 4.79 Å². The van der Waals surface area contributed by atoms with Gasteiger partial charge >= 0.3 is 0 Å². The third-order valence-corrected chi connectivity index (χ3v) is 3.83. The lowest BCUT2D eigenvalue weighted by atomic mass is 9.97. The lowest BCUT2D eigenvalue weighted by molar-refractivity contribution is -0.125. The zero-order valence-electron chi connectivity index (χ0n) is 10.5. The first-order chi connectivity index (χ1) is 8.35. The summed E-state index contributed by atoms with van der Waals surface area (Å²) >= 11 is 3.42. The molecule has 1 saturated heterocycles. The van der Waals surface area contributed by atoms with E-state index in [-0.39, 0.29) is 5.91 Å². The number of aryl methyl sites for hydroxylation is 1. The van der Waals surface area contributed by atoms with E-state index >= 15 is 0 Å². The Morgan fingerprint density at radius 1 is 1.56 bits per heavy atom. The molecule has 0 radical (unpaired) electrons. The van der Waals surface area contributed by atoms with Gasteiger partial charge in [-0.05, 0) is 37.6 Å². The summed E-state index contributed by atoms with van der Waals surface area (Å²) in [5, 5.41) is 12.4. The fourth-order valence-electron chi connectivity index (χ4n) is 2.15. The first-order valence-corrected chi connectivity index (χ1v) is 6.66. The maximum absolute atomic E-state index is 11.8. The van der Waals surface area contributed by atoms with Crippen molar-refractivity contribution in [2.75, 3.05) is 25.0 Å². The molecule has 1 heterocycles. The minimum Gasteiger partial charge on any atom is -0.388 e. The van der Waals surface area contributed by atoms with Gasteiger partial charge < -0.3 is 10.4 Å². The van der Waals surface area contributed by atoms with Crippen LogP contribution in [0.4, 0.5) is 5.69 Å². The third kappa shape index (κ3) is 3.31. The van der Waals surface area contributed by atoms with Crippen molar-refractivity contribution >= 4 is 27.5 Å². The fraction of sp³-hybridized carbons (Fsp3) is 0.462. The Hall–Kier alpha value is -0.910. The molecule has 0 bridgehead atoms. The predicted molar refractivity (Wildman–Crippen MR) is 74.6 cm³/mol. The van der Waals surface area contributed by atoms with Gasteiger partial charge in [0, 0.05) is 23.2 Å². The van der Waals surface area contributed by atoms with Crippen LogP contribution in [0.3, 0.4) is 0 Å². The second-order valence-electron chi connectivity index (χ2n) is 5.15. The number of rotatable bonds is 3. The van der Waals surface area contributed by atoms with Crippen molar-refractivity contribution in [3.63, 3.8) is 0 Å². The Bertz CT molecular complexity index is 466. The number of anilines is 1. The quantitative estimate of drug-likeness (QED) is 0.894. The first-order valence-electron chi connectivity index (χ1n) is 5.86. The molecule has 4 nitrogen and oxygen atoms in total. The maximum atomic E-state index is 11.8. The van der Waals surface area contributed by atoms with E-state index in [9.17, 15) is 9.90 Å². The van der Waals surface area contributed by atoms with Crippen molar-refractivity contribution in [3.05, 3.63) is 28.2 Å². The van der Waals surface area contributed by atoms with Gasteiger partial charge in [0.1, 0.15) is 0 Å². The molecule has 0 spiro atoms. The SMILES string of the molecule is Cc1cc(NC(=O)CN2CC(C)(O)C2)ccc1Br. The molecular formula is C13H17BrN2O2. The molecule has 5 heteroatoms. The summed E-state index contributed by atoms with van der Waals surface area (Å²) < 4.78 is 1.03. The van der Waals surface area contributed by atoms with E-state index in [0.717, 1.165) is 15.7 Å². The number of likely N-dealkylation sites (tertiary alicyclic amines) is 1. The zero-order valence-corrected chi connectivity index (χ0v) is 12.1. The summed E-state index contributed by atoms with van der Waals surface area (Å²) in [5.41, 5.74) is 1.25. The van der Waals surface area contributed by atoms with Crippen LogP contribution in [0.2, 0.25) is 0 Å². The minimum absolute atomic E-state index is 0.0489. The number of β-amino-alcohol motifs (C(OH)–C–C–N with tert-alkyl or cyclic N) is 1. The number of benzene rings is 1. The Kier molecular flexibility index (Phi) is 3.75. The van der Waals surface area contributed by atoms with Gasteiger partial charge in [0.15, 0.2) is 0 Å². The summed E-state index contributed by atoms with van der Waals surface area (Å²) in [6.07, 6.45) is 0. The van der Waals surface area contributed by atoms with E-state index in [0.29, 0.717) is 19.6 Å². The van der Waals surface area contributed by atoms with Gasteiger partial charge in [0.25, 0.3) is 0 Å². The number of hydrogen-bond donors (Lipinski definition) is 2. The largest absolute Gasteiger partial charge is 0.388 e. The normalized spacial score (nSPS) is 18.2. The van der Waals surface area contributed by atoms with E-state index in [2.05, 4.69) is 21.2 Å². The average Bonchev–Trinajstić information content (AvgIpc) is 2.21. The highest BCUT2D eigenvalue weighted by Gasteiger charge is 2.37. The van der Waals surface area contributed by atoms with Crippen LogP contribution in [0.1, 0.15) is 12.5 Å². The number of hydrogen-bond acceptors (Lipinski definition) is 3. The molecule has 0 aliphatic carbocycles. The lowest BCUT2D eigenvalue weighted by Gasteiger charge is -2.43. The summed E-state index contributed by atoms with van der Waals surface area (Å²) in [7, 11) is 0. The monoisotopic (exact) mass is 312 g/mol. The van der Waals surface area contributed by atoms with Gasteiger partial charge in [-0.25, -0.2) is 0 Å². The zero-order chi connectivity index (χ0) is 13.3. The van der Waals surface area contributed by atoms with Gasteiger partial charge in [0.2, 0.25) is 5.91 Å². The standard InChI is InChI=1S/C13H17BrN2O2/c1-9-5-10(3-4-11(9)14)15-12(17)6-16-7-13(2,18)8-16/h3-5,18H,6-8H2,1-2H3,(H,15,17). The molecule has 98 valence electrons. The number of nitrogens with one attached hydrogen (secondary N) is 1. The molecule has 0 atom stereocenters. The van der Waals surface area contributed by atoms with E-state index in [4.69, 9.17) is 0 Å². The van der Waals surface area contributed by atoms with Crippen LogP contribution >= 0.6 is 15.9 Å². The molecule has 1 amide bonds. The molecule has 1 aliphatic rings. The highest BCUT2D eigenvalue weighted by Crippen LogP contribution is 2.21. The Balaban J connectivity index is 1.86. The molecule has 2 rings (SSSR count). The van der Waals surface area contributed by atoms with Crippen molar-refractivity contribution in [2.45, 2.75) is 19.4 Å². The highest BCUT2D eigenvalue weighted by atomic mass is 79.9. The average molecular weight is 313 g/mol. The van der Waals surface area contributed by atoms with Crippen LogP contribution in [0.5, 0.6) is 0 Å². The Morgan fingerprint density at radius 3 is 2.78 bits per heavy atom. The van der Waals surface area contributed by atoms with Crippen LogP contribution in [-0.4, -0.2) is 41.1 Å². The number of nitrogens with zero attached hydrogens (tertiary/aromatic N) is 1. The second kappa shape index (κ2) is 4.99. The molecule has 2 N–H and O–H groups in total. The molecule has 1 aliphatic heterocycles. The lowest BCUT2D eigenvalue weighted by Crippen LogP contribution is -2.61. The molecule has 0 saturated carbocycles. The highest BCUT2D eigenvalue weighted by molar-refractivity contribution is 9.10. The van der Waals surface area contributed by atoms with Gasteiger partial charge in [-0.1, -0.05) is 15.9 Å². The van der Waals surface area contributed by atoms with Crippen LogP contribution < -0.4 is 5.32 Å². The summed E-state index contributed by atoms with van der Waals surface area (Å²) in [4.78, 5) is 13.7. The number of amides is 1. The second-order valence-corrected chi connectivity index (χ2v) is 6.01. The number of halogens is 1. The van der Waals surface area contributed by atoms with E-state index in [1.807, 2.05) is 30.0 Å². The number of carbonyl (C=O) groups is 1. The molecular weight excluding hydrogens is 296 g/mol. The number of aliphatic hydroxyl groups is 1. The molecule has 0 unspecified atom stereocenters. The van der Waals surface area contributed by atoms with E-state index < -0.39 is 5.60 Å². The molecule has 1 aromatic carbocycles. The van der Waals surface area contributed by atoms with Crippen LogP contribution in [0, 0.1) is 6.92 Å². The van der Waals surface area contributed by atoms with Crippen LogP contribution in [0.15, 0.2) is 22.7 Å². The Morgan fingerprint density at radius 2 is 2.22 bits per heavy atom. The molecule has 0 aromatic heterocycles. The number of carbonyl (C=O) groups excluding carboxylic acids is 1. The summed E-state index contributed by atoms with van der Waals surface area (Å²) in [6.45, 7) is 5.19. The van der Waals surface area contributed by atoms with Crippen molar-refractivity contribution in [3.8, 4) is 0 Å².